The highest BCUT2D eigenvalue weighted by molar-refractivity contribution is 7.33. The first-order chi connectivity index (χ1) is 34.4. The maximum Gasteiger partial charge on any atom is 0.264 e. The van der Waals surface area contributed by atoms with Crippen molar-refractivity contribution in [2.45, 2.75) is 206 Å². The predicted molar refractivity (Wildman–Crippen MR) is 325 cm³/mol. The van der Waals surface area contributed by atoms with Gasteiger partial charge in [-0.15, -0.1) is 11.3 Å². The maximum absolute atomic E-state index is 2.79. The Morgan fingerprint density at radius 3 is 1.49 bits per heavy atom. The lowest BCUT2D eigenvalue weighted by molar-refractivity contribution is 0.332. The van der Waals surface area contributed by atoms with E-state index in [9.17, 15) is 0 Å². The molecular formula is C70H83BN2S. The third-order valence-electron chi connectivity index (χ3n) is 19.8. The first-order valence-electron chi connectivity index (χ1n) is 28.3. The minimum Gasteiger partial charge on any atom is -0.311 e. The van der Waals surface area contributed by atoms with E-state index in [0.29, 0.717) is 0 Å². The van der Waals surface area contributed by atoms with Crippen LogP contribution in [-0.2, 0) is 43.3 Å². The van der Waals surface area contributed by atoms with E-state index in [4.69, 9.17) is 0 Å². The zero-order valence-electron chi connectivity index (χ0n) is 48.4. The van der Waals surface area contributed by atoms with Gasteiger partial charge in [-0.05, 0) is 197 Å². The Bertz CT molecular complexity index is 3490. The van der Waals surface area contributed by atoms with E-state index in [1.807, 2.05) is 0 Å². The van der Waals surface area contributed by atoms with Crippen LogP contribution in [0.4, 0.5) is 34.1 Å². The SMILES string of the molecule is CC(C)(C)c1ccc2c(c1)N(c1cc3c(cc1-c1ccccc1)C(C)(C)CCC3(C)C)c1cc(C(C)(C)C)cc3c1B2c1sc2cc4c(cc2c1N3c1ccc2c(c1)C(C)(C)CCC2(C)C)C(C)(C)CCC4(C)C. The van der Waals surface area contributed by atoms with Gasteiger partial charge >= 0.3 is 0 Å². The highest BCUT2D eigenvalue weighted by atomic mass is 32.1. The van der Waals surface area contributed by atoms with Crippen molar-refractivity contribution < 1.29 is 0 Å². The molecule has 4 heteroatoms. The van der Waals surface area contributed by atoms with Gasteiger partial charge < -0.3 is 9.80 Å². The third-order valence-corrected chi connectivity index (χ3v) is 21.0. The molecule has 1 aromatic heterocycles. The number of fused-ring (bicyclic) bond motifs is 9. The summed E-state index contributed by atoms with van der Waals surface area (Å²) in [7, 11) is 0. The van der Waals surface area contributed by atoms with Crippen LogP contribution in [0.2, 0.25) is 0 Å². The molecule has 0 saturated carbocycles. The Morgan fingerprint density at radius 1 is 0.432 bits per heavy atom. The highest BCUT2D eigenvalue weighted by Crippen LogP contribution is 2.57. The van der Waals surface area contributed by atoms with Crippen LogP contribution in [0.5, 0.6) is 0 Å². The summed E-state index contributed by atoms with van der Waals surface area (Å²) < 4.78 is 2.88. The van der Waals surface area contributed by atoms with Gasteiger partial charge in [0, 0.05) is 43.2 Å². The second-order valence-corrected chi connectivity index (χ2v) is 30.9. The standard InChI is InChI=1S/C70H83BN2S/c1-63(2,3)43-24-27-54-56(34-43)73(55-40-52-50(67(11,12)30-32-69(52,15)16)38-46(55)42-22-20-19-21-23-42)58-36-44(64(4,5)6)35-57-60(58)71(54)62-61(47-39-51-53(41-59(47)74-62)70(17,18)33-31-68(51,13)14)72(57)45-25-26-48-49(37-45)66(9,10)29-28-65(48,7)8/h19-27,34-41H,28-33H2,1-18H3. The van der Waals surface area contributed by atoms with Crippen LogP contribution in [0.25, 0.3) is 21.2 Å². The van der Waals surface area contributed by atoms with E-state index < -0.39 is 0 Å². The fraction of sp³-hybridized carbons (Fsp3) is 0.457. The summed E-state index contributed by atoms with van der Waals surface area (Å²) in [5.74, 6) is 0. The Labute approximate surface area is 450 Å². The molecule has 0 bridgehead atoms. The molecule has 382 valence electrons. The Kier molecular flexibility index (Phi) is 10.6. The largest absolute Gasteiger partial charge is 0.311 e. The lowest BCUT2D eigenvalue weighted by Crippen LogP contribution is -2.60. The molecular weight excluding hydrogens is 912 g/mol. The second-order valence-electron chi connectivity index (χ2n) is 29.8. The van der Waals surface area contributed by atoms with Crippen LogP contribution in [-0.4, -0.2) is 6.71 Å². The van der Waals surface area contributed by atoms with E-state index in [0.717, 1.165) is 6.42 Å². The summed E-state index contributed by atoms with van der Waals surface area (Å²) in [5, 5.41) is 1.40. The molecule has 74 heavy (non-hydrogen) atoms. The molecule has 5 aliphatic rings. The van der Waals surface area contributed by atoms with Crippen molar-refractivity contribution in [3.05, 3.63) is 148 Å². The molecule has 0 spiro atoms. The van der Waals surface area contributed by atoms with Crippen LogP contribution < -0.4 is 25.5 Å². The molecule has 3 heterocycles. The summed E-state index contributed by atoms with van der Waals surface area (Å²) in [4.78, 5) is 5.56. The molecule has 3 aliphatic carbocycles. The fourth-order valence-electron chi connectivity index (χ4n) is 14.3. The zero-order chi connectivity index (χ0) is 52.8. The molecule has 0 radical (unpaired) electrons. The number of rotatable bonds is 3. The lowest BCUT2D eigenvalue weighted by Gasteiger charge is -2.47. The molecule has 2 aliphatic heterocycles. The second kappa shape index (κ2) is 15.8. The zero-order valence-corrected chi connectivity index (χ0v) is 49.3. The molecule has 6 aromatic carbocycles. The van der Waals surface area contributed by atoms with Crippen molar-refractivity contribution in [1.29, 1.82) is 0 Å². The number of hydrogen-bond donors (Lipinski definition) is 0. The van der Waals surface area contributed by atoms with Crippen molar-refractivity contribution in [3.63, 3.8) is 0 Å². The minimum atomic E-state index is -0.135. The third kappa shape index (κ3) is 7.43. The monoisotopic (exact) mass is 995 g/mol. The van der Waals surface area contributed by atoms with Crippen molar-refractivity contribution >= 4 is 78.0 Å². The number of anilines is 6. The molecule has 12 rings (SSSR count). The van der Waals surface area contributed by atoms with Crippen LogP contribution in [0.3, 0.4) is 0 Å². The van der Waals surface area contributed by atoms with Crippen molar-refractivity contribution in [1.82, 2.24) is 0 Å². The van der Waals surface area contributed by atoms with Gasteiger partial charge in [0.05, 0.1) is 11.4 Å². The summed E-state index contributed by atoms with van der Waals surface area (Å²) in [6.45, 7) is 44.3. The quantitative estimate of drug-likeness (QED) is 0.163. The summed E-state index contributed by atoms with van der Waals surface area (Å²) in [6, 6.07) is 42.5. The molecule has 0 unspecified atom stereocenters. The number of nitrogens with zero attached hydrogens (tertiary/aromatic N) is 2. The molecule has 0 saturated heterocycles. The molecule has 7 aromatic rings. The Balaban J connectivity index is 1.25. The lowest BCUT2D eigenvalue weighted by atomic mass is 9.36. The summed E-state index contributed by atoms with van der Waals surface area (Å²) in [5.41, 5.74) is 25.3. The highest BCUT2D eigenvalue weighted by Gasteiger charge is 2.49. The van der Waals surface area contributed by atoms with Crippen molar-refractivity contribution in [2.24, 2.45) is 0 Å². The van der Waals surface area contributed by atoms with Crippen LogP contribution in [0, 0.1) is 0 Å². The summed E-state index contributed by atoms with van der Waals surface area (Å²) >= 11 is 2.08. The van der Waals surface area contributed by atoms with Gasteiger partial charge in [-0.3, -0.25) is 0 Å². The normalized spacial score (nSPS) is 20.3. The Morgan fingerprint density at radius 2 is 0.919 bits per heavy atom. The number of thiophene rings is 1. The average molecular weight is 995 g/mol. The average Bonchev–Trinajstić information content (AvgIpc) is 3.76. The van der Waals surface area contributed by atoms with Gasteiger partial charge in [0.2, 0.25) is 0 Å². The summed E-state index contributed by atoms with van der Waals surface area (Å²) in [6.07, 6.45) is 7.10. The van der Waals surface area contributed by atoms with E-state index in [1.165, 1.54) is 148 Å². The molecule has 0 fully saturated rings. The fourth-order valence-corrected chi connectivity index (χ4v) is 15.7. The topological polar surface area (TPSA) is 6.48 Å². The van der Waals surface area contributed by atoms with Gasteiger partial charge in [0.25, 0.3) is 6.71 Å². The number of hydrogen-bond acceptors (Lipinski definition) is 3. The predicted octanol–water partition coefficient (Wildman–Crippen LogP) is 18.3. The van der Waals surface area contributed by atoms with Gasteiger partial charge in [-0.25, -0.2) is 0 Å². The minimum absolute atomic E-state index is 0.0236. The molecule has 2 nitrogen and oxygen atoms in total. The van der Waals surface area contributed by atoms with Gasteiger partial charge in [0.15, 0.2) is 0 Å². The van der Waals surface area contributed by atoms with Gasteiger partial charge in [-0.1, -0.05) is 173 Å². The Hall–Kier alpha value is -5.06. The molecule has 0 amide bonds. The number of benzene rings is 6. The van der Waals surface area contributed by atoms with Gasteiger partial charge in [-0.2, -0.15) is 0 Å². The smallest absolute Gasteiger partial charge is 0.264 e. The van der Waals surface area contributed by atoms with Crippen LogP contribution >= 0.6 is 11.3 Å². The first-order valence-corrected chi connectivity index (χ1v) is 29.2. The van der Waals surface area contributed by atoms with Crippen LogP contribution in [0.15, 0.2) is 103 Å². The molecule has 0 atom stereocenters. The maximum atomic E-state index is 2.79. The van der Waals surface area contributed by atoms with Crippen LogP contribution in [0.1, 0.15) is 208 Å². The van der Waals surface area contributed by atoms with E-state index >= 15 is 0 Å². The van der Waals surface area contributed by atoms with Crippen molar-refractivity contribution in [2.75, 3.05) is 9.80 Å². The van der Waals surface area contributed by atoms with Gasteiger partial charge in [0.1, 0.15) is 0 Å². The van der Waals surface area contributed by atoms with Crippen molar-refractivity contribution in [3.8, 4) is 11.1 Å². The molecule has 0 N–H and O–H groups in total. The van der Waals surface area contributed by atoms with E-state index in [1.54, 1.807) is 0 Å². The first kappa shape index (κ1) is 49.8. The van der Waals surface area contributed by atoms with E-state index in [2.05, 4.69) is 249 Å². The van der Waals surface area contributed by atoms with E-state index in [-0.39, 0.29) is 50.0 Å².